The summed E-state index contributed by atoms with van der Waals surface area (Å²) in [6, 6.07) is 7.13. The van der Waals surface area contributed by atoms with Crippen LogP contribution in [0.5, 0.6) is 0 Å². The van der Waals surface area contributed by atoms with E-state index in [0.29, 0.717) is 11.1 Å². The number of carbonyl (C=O) groups is 2. The van der Waals surface area contributed by atoms with Gasteiger partial charge in [0.2, 0.25) is 5.91 Å². The van der Waals surface area contributed by atoms with E-state index in [1.165, 1.54) is 6.07 Å². The average Bonchev–Trinajstić information content (AvgIpc) is 3.16. The molecule has 1 unspecified atom stereocenters. The minimum atomic E-state index is -0.432. The smallest absolute Gasteiger partial charge is 0.336 e. The third-order valence-corrected chi connectivity index (χ3v) is 4.37. The Balaban J connectivity index is 0.000000659. The van der Waals surface area contributed by atoms with Crippen LogP contribution in [0.4, 0.5) is 0 Å². The fraction of sp³-hybridized carbons (Fsp3) is 0.263. The molecule has 0 spiro atoms. The van der Waals surface area contributed by atoms with Crippen molar-refractivity contribution in [2.24, 2.45) is 0 Å². The predicted octanol–water partition coefficient (Wildman–Crippen LogP) is 1.28. The number of aryl methyl sites for hydroxylation is 1. The van der Waals surface area contributed by atoms with Crippen LogP contribution in [0.3, 0.4) is 0 Å². The van der Waals surface area contributed by atoms with Gasteiger partial charge in [0.15, 0.2) is 0 Å². The summed E-state index contributed by atoms with van der Waals surface area (Å²) in [7, 11) is 0. The fourth-order valence-corrected chi connectivity index (χ4v) is 3.27. The molecule has 8 nitrogen and oxygen atoms in total. The number of imidazole rings is 1. The van der Waals surface area contributed by atoms with Crippen LogP contribution in [0.15, 0.2) is 46.0 Å². The molecule has 140 valence electrons. The van der Waals surface area contributed by atoms with Gasteiger partial charge in [0.25, 0.3) is 6.47 Å². The highest BCUT2D eigenvalue weighted by Gasteiger charge is 2.23. The number of benzene rings is 1. The summed E-state index contributed by atoms with van der Waals surface area (Å²) >= 11 is 0. The normalized spacial score (nSPS) is 14.9. The number of aromatic nitrogens is 2. The largest absolute Gasteiger partial charge is 0.483 e. The quantitative estimate of drug-likeness (QED) is 0.531. The summed E-state index contributed by atoms with van der Waals surface area (Å²) in [6.07, 6.45) is 4.54. The maximum atomic E-state index is 12.4. The van der Waals surface area contributed by atoms with Gasteiger partial charge in [0.05, 0.1) is 18.8 Å². The van der Waals surface area contributed by atoms with Gasteiger partial charge in [-0.05, 0) is 24.1 Å². The first-order chi connectivity index (χ1) is 13.0. The molecule has 0 aliphatic carbocycles. The lowest BCUT2D eigenvalue weighted by molar-refractivity contribution is -0.123. The molecule has 8 heteroatoms. The number of amides is 1. The molecule has 1 aliphatic rings. The van der Waals surface area contributed by atoms with E-state index in [1.807, 2.05) is 35.9 Å². The molecule has 2 aromatic heterocycles. The average molecular weight is 369 g/mol. The molecule has 1 atom stereocenters. The molecule has 4 rings (SSSR count). The van der Waals surface area contributed by atoms with Gasteiger partial charge < -0.3 is 19.4 Å². The first-order valence-electron chi connectivity index (χ1n) is 8.39. The monoisotopic (exact) mass is 369 g/mol. The lowest BCUT2D eigenvalue weighted by atomic mass is 10.0. The summed E-state index contributed by atoms with van der Waals surface area (Å²) in [5.41, 5.74) is 2.92. The summed E-state index contributed by atoms with van der Waals surface area (Å²) in [4.78, 5) is 36.6. The number of nitrogens with one attached hydrogen (secondary N) is 1. The van der Waals surface area contributed by atoms with Crippen molar-refractivity contribution in [3.8, 4) is 0 Å². The molecule has 3 aromatic rings. The molecule has 27 heavy (non-hydrogen) atoms. The molecule has 0 bridgehead atoms. The lowest BCUT2D eigenvalue weighted by Gasteiger charge is -2.12. The molecule has 0 radical (unpaired) electrons. The zero-order valence-electron chi connectivity index (χ0n) is 14.7. The van der Waals surface area contributed by atoms with Gasteiger partial charge in [-0.1, -0.05) is 12.1 Å². The maximum absolute atomic E-state index is 12.4. The van der Waals surface area contributed by atoms with Gasteiger partial charge in [-0.2, -0.15) is 0 Å². The first-order valence-corrected chi connectivity index (χ1v) is 8.39. The van der Waals surface area contributed by atoms with Crippen LogP contribution in [-0.4, -0.2) is 33.1 Å². The number of carboxylic acid groups (broad SMARTS) is 1. The van der Waals surface area contributed by atoms with Gasteiger partial charge in [0.1, 0.15) is 5.58 Å². The van der Waals surface area contributed by atoms with Gasteiger partial charge >= 0.3 is 5.63 Å². The molecular formula is C19H19N3O5. The van der Waals surface area contributed by atoms with Crippen molar-refractivity contribution < 1.29 is 19.1 Å². The summed E-state index contributed by atoms with van der Waals surface area (Å²) < 4.78 is 7.27. The second kappa shape index (κ2) is 7.86. The highest BCUT2D eigenvalue weighted by atomic mass is 16.4. The molecule has 3 heterocycles. The van der Waals surface area contributed by atoms with Crippen LogP contribution in [0.25, 0.3) is 11.0 Å². The Kier molecular flexibility index (Phi) is 5.35. The van der Waals surface area contributed by atoms with Crippen LogP contribution in [0.1, 0.15) is 16.8 Å². The van der Waals surface area contributed by atoms with Gasteiger partial charge in [-0.15, -0.1) is 0 Å². The Morgan fingerprint density at radius 3 is 2.96 bits per heavy atom. The molecule has 2 N–H and O–H groups in total. The Labute approximate surface area is 154 Å². The molecule has 0 saturated carbocycles. The van der Waals surface area contributed by atoms with Crippen molar-refractivity contribution in [2.75, 3.05) is 0 Å². The number of nitrogens with zero attached hydrogens (tertiary/aromatic N) is 2. The molecule has 0 saturated heterocycles. The van der Waals surface area contributed by atoms with E-state index in [2.05, 4.69) is 10.3 Å². The van der Waals surface area contributed by atoms with Crippen LogP contribution in [0.2, 0.25) is 0 Å². The minimum absolute atomic E-state index is 0.0733. The second-order valence-corrected chi connectivity index (χ2v) is 6.38. The van der Waals surface area contributed by atoms with Gasteiger partial charge in [-0.3, -0.25) is 9.59 Å². The van der Waals surface area contributed by atoms with Crippen LogP contribution >= 0.6 is 0 Å². The third-order valence-electron chi connectivity index (χ3n) is 4.37. The highest BCUT2D eigenvalue weighted by Crippen LogP contribution is 2.19. The van der Waals surface area contributed by atoms with E-state index in [4.69, 9.17) is 14.3 Å². The van der Waals surface area contributed by atoms with Gasteiger partial charge in [0, 0.05) is 36.3 Å². The topological polar surface area (TPSA) is 114 Å². The summed E-state index contributed by atoms with van der Waals surface area (Å²) in [5.74, 6) is -0.0915. The fourth-order valence-electron chi connectivity index (χ4n) is 3.27. The Morgan fingerprint density at radius 1 is 1.44 bits per heavy atom. The number of hydrogen-bond acceptors (Lipinski definition) is 5. The molecule has 0 fully saturated rings. The predicted molar refractivity (Wildman–Crippen MR) is 97.5 cm³/mol. The van der Waals surface area contributed by atoms with Crippen LogP contribution in [-0.2, 0) is 29.0 Å². The van der Waals surface area contributed by atoms with Crippen molar-refractivity contribution in [1.29, 1.82) is 0 Å². The number of fused-ring (bicyclic) bond motifs is 2. The highest BCUT2D eigenvalue weighted by molar-refractivity contribution is 5.87. The maximum Gasteiger partial charge on any atom is 0.336 e. The number of carbonyl (C=O) groups excluding carboxylic acids is 1. The Hall–Kier alpha value is -3.42. The van der Waals surface area contributed by atoms with Crippen LogP contribution in [0, 0.1) is 6.92 Å². The summed E-state index contributed by atoms with van der Waals surface area (Å²) in [6.45, 7) is 2.42. The Bertz CT molecular complexity index is 1020. The first kappa shape index (κ1) is 18.4. The zero-order valence-corrected chi connectivity index (χ0v) is 14.7. The molecule has 1 aromatic carbocycles. The van der Waals surface area contributed by atoms with Gasteiger partial charge in [-0.25, -0.2) is 9.78 Å². The van der Waals surface area contributed by atoms with E-state index < -0.39 is 5.63 Å². The zero-order chi connectivity index (χ0) is 19.4. The van der Waals surface area contributed by atoms with Crippen molar-refractivity contribution in [1.82, 2.24) is 14.9 Å². The van der Waals surface area contributed by atoms with Crippen molar-refractivity contribution in [2.45, 2.75) is 32.4 Å². The minimum Gasteiger partial charge on any atom is -0.483 e. The molecule has 1 amide bonds. The SMILES string of the molecule is Cc1ccc2c(CC(=O)NC3Cc4cncn4C3)cc(=O)oc2c1.O=CO. The van der Waals surface area contributed by atoms with E-state index in [0.717, 1.165) is 29.6 Å². The standard InChI is InChI=1S/C18H17N3O3.CH2O2/c1-11-2-3-15-12(6-18(23)24-16(15)4-11)5-17(22)20-13-7-14-8-19-10-21(14)9-13;2-1-3/h2-4,6,8,10,13H,5,7,9H2,1H3,(H,20,22);1H,(H,2,3). The Morgan fingerprint density at radius 2 is 2.22 bits per heavy atom. The van der Waals surface area contributed by atoms with E-state index in [1.54, 1.807) is 6.33 Å². The third kappa shape index (κ3) is 4.22. The van der Waals surface area contributed by atoms with E-state index in [9.17, 15) is 9.59 Å². The lowest BCUT2D eigenvalue weighted by Crippen LogP contribution is -2.37. The molecule has 1 aliphatic heterocycles. The summed E-state index contributed by atoms with van der Waals surface area (Å²) in [5, 5.41) is 10.7. The molecular weight excluding hydrogens is 350 g/mol. The van der Waals surface area contributed by atoms with Crippen molar-refractivity contribution >= 4 is 23.3 Å². The van der Waals surface area contributed by atoms with Crippen molar-refractivity contribution in [3.05, 3.63) is 64.0 Å². The number of hydrogen-bond donors (Lipinski definition) is 2. The second-order valence-electron chi connectivity index (χ2n) is 6.38. The van der Waals surface area contributed by atoms with E-state index in [-0.39, 0.29) is 24.8 Å². The number of rotatable bonds is 3. The van der Waals surface area contributed by atoms with E-state index >= 15 is 0 Å². The van der Waals surface area contributed by atoms with Crippen molar-refractivity contribution in [3.63, 3.8) is 0 Å². The van der Waals surface area contributed by atoms with Crippen LogP contribution < -0.4 is 10.9 Å².